The van der Waals surface area contributed by atoms with E-state index in [1.807, 2.05) is 24.0 Å². The van der Waals surface area contributed by atoms with Crippen LogP contribution in [-0.4, -0.2) is 24.7 Å². The zero-order chi connectivity index (χ0) is 13.5. The van der Waals surface area contributed by atoms with Crippen molar-refractivity contribution in [3.63, 3.8) is 0 Å². The zero-order valence-electron chi connectivity index (χ0n) is 10.7. The predicted molar refractivity (Wildman–Crippen MR) is 81.1 cm³/mol. The molecular weight excluding hydrogens is 290 g/mol. The largest absolute Gasteiger partial charge is 0.335 e. The Morgan fingerprint density at radius 3 is 3.05 bits per heavy atom. The quantitative estimate of drug-likeness (QED) is 0.631. The summed E-state index contributed by atoms with van der Waals surface area (Å²) >= 11 is 3.37. The molecule has 0 fully saturated rings. The second kappa shape index (κ2) is 4.53. The normalized spacial score (nSPS) is 11.4. The van der Waals surface area contributed by atoms with Gasteiger partial charge in [0.1, 0.15) is 5.52 Å². The number of rotatable bonds is 3. The fourth-order valence-electron chi connectivity index (χ4n) is 2.10. The van der Waals surface area contributed by atoms with E-state index in [1.54, 1.807) is 22.7 Å². The number of fused-ring (bicyclic) bond motifs is 1. The Morgan fingerprint density at radius 1 is 1.35 bits per heavy atom. The van der Waals surface area contributed by atoms with E-state index < -0.39 is 0 Å². The topological polar surface area (TPSA) is 59.4 Å². The van der Waals surface area contributed by atoms with Crippen LogP contribution in [0.1, 0.15) is 9.88 Å². The molecule has 5 nitrogen and oxygen atoms in total. The third-order valence-electron chi connectivity index (χ3n) is 3.02. The number of aryl methyl sites for hydroxylation is 1. The molecule has 100 valence electrons. The number of hydrogen-bond acceptors (Lipinski definition) is 5. The maximum atomic E-state index is 4.66. The number of nitrogens with one attached hydrogen (secondary N) is 1. The van der Waals surface area contributed by atoms with E-state index in [4.69, 9.17) is 0 Å². The van der Waals surface area contributed by atoms with Crippen molar-refractivity contribution >= 4 is 33.8 Å². The first-order valence-corrected chi connectivity index (χ1v) is 7.86. The second-order valence-corrected chi connectivity index (χ2v) is 6.71. The van der Waals surface area contributed by atoms with E-state index in [0.29, 0.717) is 0 Å². The minimum atomic E-state index is 0.757. The summed E-state index contributed by atoms with van der Waals surface area (Å²) in [5.41, 5.74) is 1.85. The van der Waals surface area contributed by atoms with E-state index in [2.05, 4.69) is 37.6 Å². The molecule has 0 aromatic carbocycles. The molecule has 4 heterocycles. The molecule has 0 amide bonds. The molecule has 0 saturated carbocycles. The smallest absolute Gasteiger partial charge is 0.177 e. The second-order valence-electron chi connectivity index (χ2n) is 4.45. The molecule has 4 rings (SSSR count). The van der Waals surface area contributed by atoms with Gasteiger partial charge in [-0.2, -0.15) is 5.10 Å². The predicted octanol–water partition coefficient (Wildman–Crippen LogP) is 3.30. The summed E-state index contributed by atoms with van der Waals surface area (Å²) in [6.07, 6.45) is 3.68. The molecule has 4 aromatic heterocycles. The molecule has 1 N–H and O–H groups in total. The van der Waals surface area contributed by atoms with Gasteiger partial charge in [-0.3, -0.25) is 0 Å². The first kappa shape index (κ1) is 11.8. The van der Waals surface area contributed by atoms with Gasteiger partial charge in [0.25, 0.3) is 0 Å². The number of thiazole rings is 1. The lowest BCUT2D eigenvalue weighted by Gasteiger charge is -1.97. The Kier molecular flexibility index (Phi) is 2.68. The standard InChI is InChI=1S/C13H11N5S2/c1-8-14-6-11(20-8)12-16-10-5-15-18(13(10)17-12)7-9-3-2-4-19-9/h2-6H,7H2,1H3,(H,16,17). The molecule has 0 bridgehead atoms. The fourth-order valence-corrected chi connectivity index (χ4v) is 3.51. The van der Waals surface area contributed by atoms with Gasteiger partial charge >= 0.3 is 0 Å². The van der Waals surface area contributed by atoms with Gasteiger partial charge in [-0.25, -0.2) is 14.6 Å². The van der Waals surface area contributed by atoms with Gasteiger partial charge < -0.3 is 4.98 Å². The summed E-state index contributed by atoms with van der Waals surface area (Å²) in [6, 6.07) is 4.16. The van der Waals surface area contributed by atoms with Gasteiger partial charge in [-0.1, -0.05) is 6.07 Å². The van der Waals surface area contributed by atoms with Crippen LogP contribution in [0.2, 0.25) is 0 Å². The molecule has 20 heavy (non-hydrogen) atoms. The van der Waals surface area contributed by atoms with Crippen molar-refractivity contribution in [1.29, 1.82) is 0 Å². The highest BCUT2D eigenvalue weighted by atomic mass is 32.1. The highest BCUT2D eigenvalue weighted by Gasteiger charge is 2.12. The van der Waals surface area contributed by atoms with Crippen LogP contribution in [-0.2, 0) is 6.54 Å². The number of aromatic amines is 1. The summed E-state index contributed by atoms with van der Waals surface area (Å²) in [7, 11) is 0. The lowest BCUT2D eigenvalue weighted by molar-refractivity contribution is 0.713. The highest BCUT2D eigenvalue weighted by molar-refractivity contribution is 7.15. The SMILES string of the molecule is Cc1ncc(-c2nc3c(cnn3Cc3cccs3)[nH]2)s1. The van der Waals surface area contributed by atoms with E-state index in [1.165, 1.54) is 4.88 Å². The van der Waals surface area contributed by atoms with Crippen molar-refractivity contribution in [1.82, 2.24) is 24.7 Å². The molecule has 0 saturated heterocycles. The molecule has 0 unspecified atom stereocenters. The third-order valence-corrected chi connectivity index (χ3v) is 4.80. The van der Waals surface area contributed by atoms with Gasteiger partial charge in [-0.05, 0) is 18.4 Å². The number of aromatic nitrogens is 5. The van der Waals surface area contributed by atoms with E-state index in [0.717, 1.165) is 33.4 Å². The number of imidazole rings is 1. The van der Waals surface area contributed by atoms with Crippen LogP contribution in [0.5, 0.6) is 0 Å². The summed E-state index contributed by atoms with van der Waals surface area (Å²) in [6.45, 7) is 2.75. The third kappa shape index (κ3) is 1.95. The first-order chi connectivity index (χ1) is 9.79. The summed E-state index contributed by atoms with van der Waals surface area (Å²) in [5.74, 6) is 0.864. The van der Waals surface area contributed by atoms with Crippen molar-refractivity contribution in [2.75, 3.05) is 0 Å². The molecule has 0 aliphatic heterocycles. The van der Waals surface area contributed by atoms with Crippen LogP contribution in [0.4, 0.5) is 0 Å². The van der Waals surface area contributed by atoms with Crippen molar-refractivity contribution in [3.8, 4) is 10.7 Å². The molecular formula is C13H11N5S2. The molecule has 0 radical (unpaired) electrons. The van der Waals surface area contributed by atoms with Crippen molar-refractivity contribution in [2.45, 2.75) is 13.5 Å². The van der Waals surface area contributed by atoms with Gasteiger partial charge in [0.2, 0.25) is 0 Å². The van der Waals surface area contributed by atoms with Crippen LogP contribution < -0.4 is 0 Å². The Bertz CT molecular complexity index is 853. The van der Waals surface area contributed by atoms with Crippen LogP contribution in [0.25, 0.3) is 21.9 Å². The van der Waals surface area contributed by atoms with E-state index >= 15 is 0 Å². The highest BCUT2D eigenvalue weighted by Crippen LogP contribution is 2.25. The average molecular weight is 301 g/mol. The maximum Gasteiger partial charge on any atom is 0.177 e. The van der Waals surface area contributed by atoms with Crippen molar-refractivity contribution < 1.29 is 0 Å². The lowest BCUT2D eigenvalue weighted by Crippen LogP contribution is -2.00. The number of H-pyrrole nitrogens is 1. The van der Waals surface area contributed by atoms with E-state index in [-0.39, 0.29) is 0 Å². The van der Waals surface area contributed by atoms with Crippen LogP contribution in [0.15, 0.2) is 29.9 Å². The molecule has 0 atom stereocenters. The Morgan fingerprint density at radius 2 is 2.30 bits per heavy atom. The van der Waals surface area contributed by atoms with Crippen LogP contribution in [0.3, 0.4) is 0 Å². The van der Waals surface area contributed by atoms with Crippen molar-refractivity contribution in [2.24, 2.45) is 0 Å². The lowest BCUT2D eigenvalue weighted by atomic mass is 10.5. The minimum absolute atomic E-state index is 0.757. The molecule has 0 aliphatic carbocycles. The van der Waals surface area contributed by atoms with Crippen molar-refractivity contribution in [3.05, 3.63) is 39.8 Å². The summed E-state index contributed by atoms with van der Waals surface area (Å²) in [5, 5.41) is 7.51. The number of thiophene rings is 1. The van der Waals surface area contributed by atoms with Gasteiger partial charge in [0, 0.05) is 11.1 Å². The van der Waals surface area contributed by atoms with Crippen LogP contribution >= 0.6 is 22.7 Å². The van der Waals surface area contributed by atoms with Gasteiger partial charge in [0.15, 0.2) is 11.5 Å². The summed E-state index contributed by atoms with van der Waals surface area (Å²) < 4.78 is 1.93. The number of nitrogens with zero attached hydrogens (tertiary/aromatic N) is 4. The first-order valence-electron chi connectivity index (χ1n) is 6.16. The van der Waals surface area contributed by atoms with Gasteiger partial charge in [-0.15, -0.1) is 22.7 Å². The average Bonchev–Trinajstić information content (AvgIpc) is 3.16. The van der Waals surface area contributed by atoms with Crippen LogP contribution in [0, 0.1) is 6.92 Å². The number of hydrogen-bond donors (Lipinski definition) is 1. The van der Waals surface area contributed by atoms with E-state index in [9.17, 15) is 0 Å². The Hall–Kier alpha value is -1.99. The Balaban J connectivity index is 1.75. The minimum Gasteiger partial charge on any atom is -0.335 e. The fraction of sp³-hybridized carbons (Fsp3) is 0.154. The zero-order valence-corrected chi connectivity index (χ0v) is 12.3. The van der Waals surface area contributed by atoms with Gasteiger partial charge in [0.05, 0.1) is 22.6 Å². The summed E-state index contributed by atoms with van der Waals surface area (Å²) in [4.78, 5) is 14.6. The monoisotopic (exact) mass is 301 g/mol. The Labute approximate surface area is 122 Å². The molecule has 4 aromatic rings. The molecule has 0 aliphatic rings. The maximum absolute atomic E-state index is 4.66. The molecule has 0 spiro atoms. The molecule has 7 heteroatoms.